The molecule has 0 radical (unpaired) electrons. The number of likely N-dealkylation sites (N-methyl/N-ethyl adjacent to an activating group) is 2. The summed E-state index contributed by atoms with van der Waals surface area (Å²) >= 11 is 11.9. The number of carbonyl (C=O) groups excluding carboxylic acids is 1. The summed E-state index contributed by atoms with van der Waals surface area (Å²) in [6.07, 6.45) is 0. The van der Waals surface area contributed by atoms with Crippen LogP contribution in [0.3, 0.4) is 0 Å². The van der Waals surface area contributed by atoms with Crippen molar-refractivity contribution in [3.63, 3.8) is 0 Å². The summed E-state index contributed by atoms with van der Waals surface area (Å²) in [5, 5.41) is 0.953. The number of rotatable bonds is 5. The van der Waals surface area contributed by atoms with Crippen LogP contribution in [0.5, 0.6) is 0 Å². The van der Waals surface area contributed by atoms with E-state index in [1.165, 1.54) is 12.1 Å². The van der Waals surface area contributed by atoms with Gasteiger partial charge in [0.1, 0.15) is 5.82 Å². The lowest BCUT2D eigenvalue weighted by Gasteiger charge is -2.23. The molecule has 0 fully saturated rings. The fourth-order valence-corrected chi connectivity index (χ4v) is 2.43. The Labute approximate surface area is 145 Å². The van der Waals surface area contributed by atoms with Gasteiger partial charge in [-0.15, -0.1) is 0 Å². The first-order valence-electron chi connectivity index (χ1n) is 7.01. The van der Waals surface area contributed by atoms with Gasteiger partial charge in [0.15, 0.2) is 0 Å². The first kappa shape index (κ1) is 17.6. The maximum absolute atomic E-state index is 12.9. The normalized spacial score (nSPS) is 10.5. The number of hydrogen-bond donors (Lipinski definition) is 0. The molecule has 0 unspecified atom stereocenters. The van der Waals surface area contributed by atoms with Crippen LogP contribution in [-0.4, -0.2) is 31.4 Å². The van der Waals surface area contributed by atoms with E-state index in [2.05, 4.69) is 0 Å². The predicted octanol–water partition coefficient (Wildman–Crippen LogP) is 4.23. The van der Waals surface area contributed by atoms with Crippen molar-refractivity contribution in [1.82, 2.24) is 4.90 Å². The summed E-state index contributed by atoms with van der Waals surface area (Å²) in [4.78, 5) is 15.7. The fourth-order valence-electron chi connectivity index (χ4n) is 2.11. The molecular formula is C17H17Cl2FN2O. The Kier molecular flexibility index (Phi) is 5.85. The second kappa shape index (κ2) is 7.66. The molecule has 0 spiro atoms. The van der Waals surface area contributed by atoms with Crippen LogP contribution in [0.4, 0.5) is 10.1 Å². The Balaban J connectivity index is 1.96. The van der Waals surface area contributed by atoms with Crippen LogP contribution in [0, 0.1) is 5.82 Å². The second-order valence-corrected chi connectivity index (χ2v) is 6.15. The zero-order valence-electron chi connectivity index (χ0n) is 12.9. The van der Waals surface area contributed by atoms with Crippen molar-refractivity contribution in [3.8, 4) is 0 Å². The minimum absolute atomic E-state index is 0.0529. The molecule has 2 aromatic rings. The standard InChI is InChI=1S/C17H17Cl2FN2O/c1-21(14-6-4-13(20)5-7-14)11-17(23)22(2)10-12-3-8-15(18)16(19)9-12/h3-9H,10-11H2,1-2H3. The summed E-state index contributed by atoms with van der Waals surface area (Å²) in [5.41, 5.74) is 1.68. The van der Waals surface area contributed by atoms with Gasteiger partial charge < -0.3 is 9.80 Å². The summed E-state index contributed by atoms with van der Waals surface area (Å²) < 4.78 is 12.9. The van der Waals surface area contributed by atoms with Crippen LogP contribution in [0.2, 0.25) is 10.0 Å². The van der Waals surface area contributed by atoms with Crippen molar-refractivity contribution in [2.75, 3.05) is 25.5 Å². The van der Waals surface area contributed by atoms with Gasteiger partial charge in [0.25, 0.3) is 0 Å². The molecule has 6 heteroatoms. The molecule has 0 aliphatic heterocycles. The first-order chi connectivity index (χ1) is 10.9. The van der Waals surface area contributed by atoms with Crippen LogP contribution in [0.1, 0.15) is 5.56 Å². The zero-order valence-corrected chi connectivity index (χ0v) is 14.4. The number of benzene rings is 2. The Morgan fingerprint density at radius 1 is 1.04 bits per heavy atom. The Hall–Kier alpha value is -1.78. The quantitative estimate of drug-likeness (QED) is 0.802. The van der Waals surface area contributed by atoms with Gasteiger partial charge in [-0.1, -0.05) is 29.3 Å². The van der Waals surface area contributed by atoms with Crippen LogP contribution in [-0.2, 0) is 11.3 Å². The third kappa shape index (κ3) is 4.85. The van der Waals surface area contributed by atoms with Crippen LogP contribution >= 0.6 is 23.2 Å². The van der Waals surface area contributed by atoms with Gasteiger partial charge in [0.2, 0.25) is 5.91 Å². The molecule has 0 aliphatic carbocycles. The molecule has 23 heavy (non-hydrogen) atoms. The summed E-state index contributed by atoms with van der Waals surface area (Å²) in [7, 11) is 3.52. The van der Waals surface area contributed by atoms with Gasteiger partial charge >= 0.3 is 0 Å². The number of hydrogen-bond acceptors (Lipinski definition) is 2. The molecular weight excluding hydrogens is 338 g/mol. The Morgan fingerprint density at radius 3 is 2.30 bits per heavy atom. The smallest absolute Gasteiger partial charge is 0.242 e. The highest BCUT2D eigenvalue weighted by Crippen LogP contribution is 2.23. The third-order valence-corrected chi connectivity index (χ3v) is 4.21. The highest BCUT2D eigenvalue weighted by atomic mass is 35.5. The number of anilines is 1. The minimum Gasteiger partial charge on any atom is -0.365 e. The van der Waals surface area contributed by atoms with E-state index in [9.17, 15) is 9.18 Å². The van der Waals surface area contributed by atoms with E-state index < -0.39 is 0 Å². The average molecular weight is 355 g/mol. The van der Waals surface area contributed by atoms with Crippen LogP contribution < -0.4 is 4.90 Å². The molecule has 0 saturated carbocycles. The molecule has 122 valence electrons. The molecule has 0 bridgehead atoms. The highest BCUT2D eigenvalue weighted by molar-refractivity contribution is 6.42. The van der Waals surface area contributed by atoms with Gasteiger partial charge in [0, 0.05) is 26.3 Å². The molecule has 0 aromatic heterocycles. The van der Waals surface area contributed by atoms with E-state index >= 15 is 0 Å². The number of amides is 1. The van der Waals surface area contributed by atoms with Crippen molar-refractivity contribution in [3.05, 3.63) is 63.9 Å². The van der Waals surface area contributed by atoms with Crippen LogP contribution in [0.25, 0.3) is 0 Å². The summed E-state index contributed by atoms with van der Waals surface area (Å²) in [5.74, 6) is -0.354. The van der Waals surface area contributed by atoms with Gasteiger partial charge in [-0.05, 0) is 42.0 Å². The highest BCUT2D eigenvalue weighted by Gasteiger charge is 2.13. The molecule has 0 N–H and O–H groups in total. The van der Waals surface area contributed by atoms with Gasteiger partial charge in [-0.3, -0.25) is 4.79 Å². The van der Waals surface area contributed by atoms with E-state index in [-0.39, 0.29) is 18.3 Å². The van der Waals surface area contributed by atoms with Gasteiger partial charge in [-0.25, -0.2) is 4.39 Å². The van der Waals surface area contributed by atoms with Gasteiger partial charge in [0.05, 0.1) is 16.6 Å². The average Bonchev–Trinajstić information content (AvgIpc) is 2.51. The predicted molar refractivity (Wildman–Crippen MR) is 92.6 cm³/mol. The molecule has 2 aromatic carbocycles. The lowest BCUT2D eigenvalue weighted by Crippen LogP contribution is -2.36. The molecule has 0 saturated heterocycles. The number of carbonyl (C=O) groups is 1. The Bertz CT molecular complexity index is 691. The van der Waals surface area contributed by atoms with Crippen molar-refractivity contribution in [2.45, 2.75) is 6.54 Å². The largest absolute Gasteiger partial charge is 0.365 e. The van der Waals surface area contributed by atoms with Crippen LogP contribution in [0.15, 0.2) is 42.5 Å². The maximum Gasteiger partial charge on any atom is 0.242 e. The fraction of sp³-hybridized carbons (Fsp3) is 0.235. The van der Waals surface area contributed by atoms with Crippen molar-refractivity contribution < 1.29 is 9.18 Å². The zero-order chi connectivity index (χ0) is 17.0. The lowest BCUT2D eigenvalue weighted by atomic mass is 10.2. The van der Waals surface area contributed by atoms with Crippen molar-refractivity contribution >= 4 is 34.8 Å². The monoisotopic (exact) mass is 354 g/mol. The molecule has 0 aliphatic rings. The third-order valence-electron chi connectivity index (χ3n) is 3.47. The van der Waals surface area contributed by atoms with Crippen molar-refractivity contribution in [1.29, 1.82) is 0 Å². The Morgan fingerprint density at radius 2 is 1.70 bits per heavy atom. The number of halogens is 3. The van der Waals surface area contributed by atoms with Gasteiger partial charge in [-0.2, -0.15) is 0 Å². The number of nitrogens with zero attached hydrogens (tertiary/aromatic N) is 2. The summed E-state index contributed by atoms with van der Waals surface area (Å²) in [6.45, 7) is 0.635. The topological polar surface area (TPSA) is 23.6 Å². The lowest BCUT2D eigenvalue weighted by molar-refractivity contribution is -0.128. The van der Waals surface area contributed by atoms with E-state index in [1.54, 1.807) is 48.2 Å². The van der Waals surface area contributed by atoms with E-state index in [1.807, 2.05) is 6.07 Å². The molecule has 0 heterocycles. The maximum atomic E-state index is 12.9. The van der Waals surface area contributed by atoms with E-state index in [4.69, 9.17) is 23.2 Å². The van der Waals surface area contributed by atoms with E-state index in [0.717, 1.165) is 11.3 Å². The first-order valence-corrected chi connectivity index (χ1v) is 7.77. The second-order valence-electron chi connectivity index (χ2n) is 5.33. The van der Waals surface area contributed by atoms with E-state index in [0.29, 0.717) is 16.6 Å². The molecule has 0 atom stereocenters. The SMILES string of the molecule is CN(Cc1ccc(Cl)c(Cl)c1)C(=O)CN(C)c1ccc(F)cc1. The minimum atomic E-state index is -0.301. The molecule has 1 amide bonds. The molecule has 3 nitrogen and oxygen atoms in total. The van der Waals surface area contributed by atoms with Crippen molar-refractivity contribution in [2.24, 2.45) is 0 Å². The molecule has 2 rings (SSSR count). The summed E-state index contributed by atoms with van der Waals surface area (Å²) in [6, 6.07) is 11.3.